The van der Waals surface area contributed by atoms with E-state index in [0.29, 0.717) is 17.0 Å². The lowest BCUT2D eigenvalue weighted by molar-refractivity contribution is 0.0993. The molecule has 0 atom stereocenters. The number of carbonyl (C=O) groups excluding carboxylic acids is 1. The average Bonchev–Trinajstić information content (AvgIpc) is 2.73. The Bertz CT molecular complexity index is 1110. The Morgan fingerprint density at radius 1 is 0.931 bits per heavy atom. The molecule has 0 fully saturated rings. The van der Waals surface area contributed by atoms with Crippen LogP contribution >= 0.6 is 0 Å². The Kier molecular flexibility index (Phi) is 5.89. The van der Waals surface area contributed by atoms with Crippen LogP contribution in [0.3, 0.4) is 0 Å². The summed E-state index contributed by atoms with van der Waals surface area (Å²) in [7, 11) is -0.669. The van der Waals surface area contributed by atoms with Crippen molar-refractivity contribution in [2.75, 3.05) is 23.8 Å². The van der Waals surface area contributed by atoms with Gasteiger partial charge in [-0.2, -0.15) is 0 Å². The zero-order valence-corrected chi connectivity index (χ0v) is 17.2. The highest BCUT2D eigenvalue weighted by atomic mass is 32.2. The van der Waals surface area contributed by atoms with Crippen LogP contribution in [-0.4, -0.2) is 28.5 Å². The molecule has 29 heavy (non-hydrogen) atoms. The normalized spacial score (nSPS) is 11.0. The second-order valence-electron chi connectivity index (χ2n) is 6.53. The molecule has 0 bridgehead atoms. The van der Waals surface area contributed by atoms with Gasteiger partial charge in [0.2, 0.25) is 0 Å². The van der Waals surface area contributed by atoms with E-state index in [1.807, 2.05) is 31.2 Å². The van der Waals surface area contributed by atoms with Crippen LogP contribution in [0.4, 0.5) is 11.4 Å². The van der Waals surface area contributed by atoms with Crippen molar-refractivity contribution in [3.63, 3.8) is 0 Å². The lowest BCUT2D eigenvalue weighted by Crippen LogP contribution is -2.26. The van der Waals surface area contributed by atoms with Gasteiger partial charge in [0.1, 0.15) is 5.75 Å². The summed E-state index contributed by atoms with van der Waals surface area (Å²) in [5, 5.41) is 0. The molecule has 3 rings (SSSR count). The van der Waals surface area contributed by atoms with Gasteiger partial charge in [0.25, 0.3) is 15.9 Å². The van der Waals surface area contributed by atoms with Gasteiger partial charge in [-0.05, 0) is 55.5 Å². The molecule has 0 aromatic heterocycles. The molecule has 0 aliphatic carbocycles. The molecule has 7 heteroatoms. The van der Waals surface area contributed by atoms with Gasteiger partial charge in [0.05, 0.1) is 17.7 Å². The maximum atomic E-state index is 12.7. The summed E-state index contributed by atoms with van der Waals surface area (Å²) >= 11 is 0. The molecule has 1 N–H and O–H groups in total. The van der Waals surface area contributed by atoms with Crippen LogP contribution < -0.4 is 14.4 Å². The van der Waals surface area contributed by atoms with Crippen molar-refractivity contribution in [1.82, 2.24) is 0 Å². The first-order valence-corrected chi connectivity index (χ1v) is 10.4. The third-order valence-electron chi connectivity index (χ3n) is 4.49. The van der Waals surface area contributed by atoms with Crippen molar-refractivity contribution in [3.8, 4) is 5.75 Å². The van der Waals surface area contributed by atoms with Crippen molar-refractivity contribution in [3.05, 3.63) is 83.9 Å². The minimum atomic E-state index is -3.82. The van der Waals surface area contributed by atoms with Crippen LogP contribution in [0.15, 0.2) is 77.7 Å². The summed E-state index contributed by atoms with van der Waals surface area (Å²) in [4.78, 5) is 14.3. The number of rotatable bonds is 6. The number of sulfonamides is 1. The molecule has 3 aromatic rings. The number of ether oxygens (including phenoxy) is 1. The van der Waals surface area contributed by atoms with Crippen LogP contribution in [0, 0.1) is 6.92 Å². The molecule has 0 aliphatic heterocycles. The SMILES string of the molecule is COc1ccccc1NS(=O)(=O)c1ccc(C(=O)N(C)c2ccc(C)cc2)cc1. The zero-order chi connectivity index (χ0) is 21.0. The third kappa shape index (κ3) is 4.57. The van der Waals surface area contributed by atoms with Crippen LogP contribution in [0.1, 0.15) is 15.9 Å². The van der Waals surface area contributed by atoms with Crippen molar-refractivity contribution in [1.29, 1.82) is 0 Å². The summed E-state index contributed by atoms with van der Waals surface area (Å²) in [6, 6.07) is 20.2. The van der Waals surface area contributed by atoms with E-state index in [1.54, 1.807) is 31.3 Å². The number of hydrogen-bond donors (Lipinski definition) is 1. The van der Waals surface area contributed by atoms with Gasteiger partial charge >= 0.3 is 0 Å². The molecule has 0 unspecified atom stereocenters. The Morgan fingerprint density at radius 2 is 1.55 bits per heavy atom. The number of amides is 1. The lowest BCUT2D eigenvalue weighted by atomic mass is 10.1. The Hall–Kier alpha value is -3.32. The monoisotopic (exact) mass is 410 g/mol. The number of nitrogens with zero attached hydrogens (tertiary/aromatic N) is 1. The van der Waals surface area contributed by atoms with Crippen LogP contribution in [0.2, 0.25) is 0 Å². The summed E-state index contributed by atoms with van der Waals surface area (Å²) in [5.74, 6) is 0.193. The number of aryl methyl sites for hydroxylation is 1. The van der Waals surface area contributed by atoms with Gasteiger partial charge < -0.3 is 9.64 Å². The van der Waals surface area contributed by atoms with Gasteiger partial charge in [0, 0.05) is 18.3 Å². The zero-order valence-electron chi connectivity index (χ0n) is 16.4. The summed E-state index contributed by atoms with van der Waals surface area (Å²) in [6.45, 7) is 1.98. The van der Waals surface area contributed by atoms with E-state index in [4.69, 9.17) is 4.74 Å². The standard InChI is InChI=1S/C22H22N2O4S/c1-16-8-12-18(13-9-16)24(2)22(25)17-10-14-19(15-11-17)29(26,27)23-20-6-4-5-7-21(20)28-3/h4-15,23H,1-3H3. The summed E-state index contributed by atoms with van der Waals surface area (Å²) in [5.41, 5.74) is 2.60. The highest BCUT2D eigenvalue weighted by Gasteiger charge is 2.18. The van der Waals surface area contributed by atoms with Crippen LogP contribution in [-0.2, 0) is 10.0 Å². The molecule has 150 valence electrons. The highest BCUT2D eigenvalue weighted by Crippen LogP contribution is 2.26. The maximum absolute atomic E-state index is 12.7. The number of methoxy groups -OCH3 is 1. The van der Waals surface area contributed by atoms with Crippen molar-refractivity contribution in [2.24, 2.45) is 0 Å². The second kappa shape index (κ2) is 8.36. The van der Waals surface area contributed by atoms with E-state index >= 15 is 0 Å². The number of hydrogen-bond acceptors (Lipinski definition) is 4. The molecule has 0 saturated carbocycles. The van der Waals surface area contributed by atoms with Crippen LogP contribution in [0.5, 0.6) is 5.75 Å². The van der Waals surface area contributed by atoms with Gasteiger partial charge in [-0.3, -0.25) is 9.52 Å². The minimum Gasteiger partial charge on any atom is -0.495 e. The number of anilines is 2. The molecule has 0 radical (unpaired) electrons. The smallest absolute Gasteiger partial charge is 0.262 e. The van der Waals surface area contributed by atoms with E-state index in [0.717, 1.165) is 11.3 Å². The minimum absolute atomic E-state index is 0.0537. The fraction of sp³-hybridized carbons (Fsp3) is 0.136. The maximum Gasteiger partial charge on any atom is 0.262 e. The molecule has 0 spiro atoms. The fourth-order valence-corrected chi connectivity index (χ4v) is 3.86. The van der Waals surface area contributed by atoms with Gasteiger partial charge in [0.15, 0.2) is 0 Å². The predicted molar refractivity (Wildman–Crippen MR) is 114 cm³/mol. The summed E-state index contributed by atoms with van der Waals surface area (Å²) < 4.78 is 33.0. The molecule has 3 aromatic carbocycles. The first-order valence-electron chi connectivity index (χ1n) is 8.92. The van der Waals surface area contributed by atoms with E-state index < -0.39 is 10.0 Å². The van der Waals surface area contributed by atoms with E-state index in [2.05, 4.69) is 4.72 Å². The fourth-order valence-electron chi connectivity index (χ4n) is 2.79. The first kappa shape index (κ1) is 20.4. The van der Waals surface area contributed by atoms with Crippen molar-refractivity contribution >= 4 is 27.3 Å². The van der Waals surface area contributed by atoms with Gasteiger partial charge in [-0.1, -0.05) is 29.8 Å². The molecular weight excluding hydrogens is 388 g/mol. The predicted octanol–water partition coefficient (Wildman–Crippen LogP) is 4.08. The van der Waals surface area contributed by atoms with Gasteiger partial charge in [-0.25, -0.2) is 8.42 Å². The lowest BCUT2D eigenvalue weighted by Gasteiger charge is -2.18. The number of nitrogens with one attached hydrogen (secondary N) is 1. The molecule has 6 nitrogen and oxygen atoms in total. The number of para-hydroxylation sites is 2. The third-order valence-corrected chi connectivity index (χ3v) is 5.87. The Balaban J connectivity index is 1.80. The van der Waals surface area contributed by atoms with Crippen LogP contribution in [0.25, 0.3) is 0 Å². The van der Waals surface area contributed by atoms with E-state index in [1.165, 1.54) is 36.3 Å². The quantitative estimate of drug-likeness (QED) is 0.664. The molecule has 0 aliphatic rings. The number of benzene rings is 3. The average molecular weight is 410 g/mol. The van der Waals surface area contributed by atoms with Gasteiger partial charge in [-0.15, -0.1) is 0 Å². The molecule has 0 saturated heterocycles. The number of carbonyl (C=O) groups is 1. The largest absolute Gasteiger partial charge is 0.495 e. The van der Waals surface area contributed by atoms with Crippen molar-refractivity contribution < 1.29 is 17.9 Å². The van der Waals surface area contributed by atoms with E-state index in [-0.39, 0.29) is 10.8 Å². The topological polar surface area (TPSA) is 75.7 Å². The molecular formula is C22H22N2O4S. The molecule has 0 heterocycles. The second-order valence-corrected chi connectivity index (χ2v) is 8.21. The first-order chi connectivity index (χ1) is 13.8. The molecule has 1 amide bonds. The Morgan fingerprint density at radius 3 is 2.17 bits per heavy atom. The summed E-state index contributed by atoms with van der Waals surface area (Å²) in [6.07, 6.45) is 0. The van der Waals surface area contributed by atoms with Crippen molar-refractivity contribution in [2.45, 2.75) is 11.8 Å². The van der Waals surface area contributed by atoms with E-state index in [9.17, 15) is 13.2 Å². The highest BCUT2D eigenvalue weighted by molar-refractivity contribution is 7.92. The Labute approximate surface area is 170 Å².